The molecule has 387 valence electrons. The molecule has 0 spiro atoms. The van der Waals surface area contributed by atoms with Crippen LogP contribution in [0.2, 0.25) is 0 Å². The molecule has 0 amide bonds. The third kappa shape index (κ3) is 12.3. The first kappa shape index (κ1) is 53.2. The Labute approximate surface area is 491 Å². The normalized spacial score (nSPS) is 10.7. The van der Waals surface area contributed by atoms with Crippen LogP contribution in [-0.2, 0) is 0 Å². The van der Waals surface area contributed by atoms with Crippen molar-refractivity contribution < 1.29 is 0 Å². The molecule has 0 aliphatic heterocycles. The van der Waals surface area contributed by atoms with E-state index in [1.807, 2.05) is 0 Å². The molecule has 1 heterocycles. The molecule has 0 N–H and O–H groups in total. The van der Waals surface area contributed by atoms with Gasteiger partial charge in [-0.15, -0.1) is 0 Å². The summed E-state index contributed by atoms with van der Waals surface area (Å²) in [5.41, 5.74) is 24.7. The van der Waals surface area contributed by atoms with E-state index in [4.69, 9.17) is 4.98 Å². The SMILES string of the molecule is [B][B][B].c1ccc(-c2ccc(-c3cc(-c4ccc(-c5ccc(-c6ccc(N(c7ccccc7)c7ccccc7)cc6)cc5)cc4)nc(-c4ccc(-c5ccc(-c6ccc(N(c7ccccc7)c7ccccc7)cc6)cc5)cc4)c3)cc2)cc1. The van der Waals surface area contributed by atoms with Crippen LogP contribution in [0.15, 0.2) is 334 Å². The molecule has 13 aromatic rings. The molecule has 1 aromatic heterocycles. The van der Waals surface area contributed by atoms with Crippen molar-refractivity contribution in [1.29, 1.82) is 0 Å². The minimum Gasteiger partial charge on any atom is -0.311 e. The van der Waals surface area contributed by atoms with Gasteiger partial charge in [0.1, 0.15) is 0 Å². The highest BCUT2D eigenvalue weighted by Crippen LogP contribution is 2.39. The topological polar surface area (TPSA) is 19.4 Å². The average molecular weight is 1050 g/mol. The maximum atomic E-state index is 5.36. The van der Waals surface area contributed by atoms with Crippen LogP contribution in [-0.4, -0.2) is 27.5 Å². The lowest BCUT2D eigenvalue weighted by Gasteiger charge is -2.25. The minimum atomic E-state index is 0.925. The monoisotopic (exact) mass is 1050 g/mol. The largest absolute Gasteiger partial charge is 0.311 e. The summed E-state index contributed by atoms with van der Waals surface area (Å²) in [5.74, 6) is 0. The molecule has 0 unspecified atom stereocenters. The number of pyridine rings is 1. The Kier molecular flexibility index (Phi) is 16.3. The van der Waals surface area contributed by atoms with Crippen molar-refractivity contribution in [2.45, 2.75) is 0 Å². The third-order valence-electron chi connectivity index (χ3n) is 14.9. The minimum absolute atomic E-state index is 0.925. The molecule has 83 heavy (non-hydrogen) atoms. The number of nitrogens with zero attached hydrogens (tertiary/aromatic N) is 3. The highest BCUT2D eigenvalue weighted by atomic mass is 15.1. The van der Waals surface area contributed by atoms with Gasteiger partial charge in [0.25, 0.3) is 0 Å². The second kappa shape index (κ2) is 25.4. The Morgan fingerprint density at radius 1 is 0.193 bits per heavy atom. The van der Waals surface area contributed by atoms with Crippen molar-refractivity contribution in [3.8, 4) is 89.3 Å². The van der Waals surface area contributed by atoms with Gasteiger partial charge in [0.2, 0.25) is 0 Å². The molecule has 3 nitrogen and oxygen atoms in total. The molecular formula is C77H55B3N3. The summed E-state index contributed by atoms with van der Waals surface area (Å²) in [5, 5.41) is 0. The maximum absolute atomic E-state index is 5.36. The molecule has 5 radical (unpaired) electrons. The molecule has 12 aromatic carbocycles. The van der Waals surface area contributed by atoms with Crippen molar-refractivity contribution >= 4 is 56.7 Å². The Hall–Kier alpha value is -10.4. The lowest BCUT2D eigenvalue weighted by Crippen LogP contribution is -2.09. The fourth-order valence-electron chi connectivity index (χ4n) is 10.7. The summed E-state index contributed by atoms with van der Waals surface area (Å²) in [6.45, 7) is 0. The van der Waals surface area contributed by atoms with Crippen LogP contribution >= 0.6 is 0 Å². The first-order valence-electron chi connectivity index (χ1n) is 27.9. The zero-order valence-electron chi connectivity index (χ0n) is 45.8. The van der Waals surface area contributed by atoms with Gasteiger partial charge in [0, 0.05) is 67.8 Å². The van der Waals surface area contributed by atoms with E-state index in [1.165, 1.54) is 33.4 Å². The first-order chi connectivity index (χ1) is 41.0. The van der Waals surface area contributed by atoms with Gasteiger partial charge in [-0.3, -0.25) is 0 Å². The van der Waals surface area contributed by atoms with E-state index in [0.29, 0.717) is 0 Å². The van der Waals surface area contributed by atoms with Crippen molar-refractivity contribution in [3.05, 3.63) is 334 Å². The van der Waals surface area contributed by atoms with E-state index in [0.717, 1.165) is 97.1 Å². The van der Waals surface area contributed by atoms with E-state index in [2.05, 4.69) is 359 Å². The molecule has 13 rings (SSSR count). The summed E-state index contributed by atoms with van der Waals surface area (Å²) in [6, 6.07) is 119. The summed E-state index contributed by atoms with van der Waals surface area (Å²) in [7, 11) is 10.0. The standard InChI is InChI=1S/C77H55N3.B3/c1-6-16-56(17-7-1)57-34-36-66(37-35-57)69-54-76(67-42-38-62(39-43-67)58-26-30-60(31-27-58)64-46-50-74(51-47-64)79(70-18-8-2-9-19-70)71-20-10-3-11-21-71)78-77(55-69)68-44-40-63(41-45-68)59-28-32-61(33-29-59)65-48-52-75(53-49-65)80(72-22-12-4-13-23-72)73-24-14-5-15-25-73;1-3-2/h1-55H;. The zero-order valence-corrected chi connectivity index (χ0v) is 45.8. The molecule has 0 bridgehead atoms. The third-order valence-corrected chi connectivity index (χ3v) is 14.9. The Balaban J connectivity index is 0.00000222. The van der Waals surface area contributed by atoms with Crippen molar-refractivity contribution in [2.24, 2.45) is 0 Å². The number of benzene rings is 12. The van der Waals surface area contributed by atoms with Gasteiger partial charge < -0.3 is 9.80 Å². The Morgan fingerprint density at radius 3 is 0.602 bits per heavy atom. The highest BCUT2D eigenvalue weighted by molar-refractivity contribution is 7.17. The predicted molar refractivity (Wildman–Crippen MR) is 354 cm³/mol. The molecule has 0 fully saturated rings. The fourth-order valence-corrected chi connectivity index (χ4v) is 10.7. The van der Waals surface area contributed by atoms with Crippen LogP contribution in [0, 0.1) is 0 Å². The molecular weight excluding hydrogens is 999 g/mol. The number of anilines is 6. The van der Waals surface area contributed by atoms with E-state index in [9.17, 15) is 0 Å². The molecule has 0 saturated carbocycles. The van der Waals surface area contributed by atoms with Crippen LogP contribution in [0.25, 0.3) is 89.3 Å². The average Bonchev–Trinajstić information content (AvgIpc) is 3.57. The van der Waals surface area contributed by atoms with Gasteiger partial charge in [0.15, 0.2) is 0 Å². The summed E-state index contributed by atoms with van der Waals surface area (Å²) in [4.78, 5) is 9.94. The van der Waals surface area contributed by atoms with Crippen LogP contribution in [0.4, 0.5) is 34.1 Å². The number of rotatable bonds is 14. The van der Waals surface area contributed by atoms with Crippen LogP contribution in [0.1, 0.15) is 0 Å². The summed E-state index contributed by atoms with van der Waals surface area (Å²) < 4.78 is 0. The van der Waals surface area contributed by atoms with Crippen molar-refractivity contribution in [2.75, 3.05) is 9.80 Å². The van der Waals surface area contributed by atoms with E-state index < -0.39 is 0 Å². The second-order valence-corrected chi connectivity index (χ2v) is 20.2. The highest BCUT2D eigenvalue weighted by Gasteiger charge is 2.16. The van der Waals surface area contributed by atoms with E-state index in [-0.39, 0.29) is 0 Å². The molecule has 0 atom stereocenters. The molecule has 0 aliphatic carbocycles. The lowest BCUT2D eigenvalue weighted by molar-refractivity contribution is 1.28. The lowest BCUT2D eigenvalue weighted by atomic mass is 9.40. The zero-order chi connectivity index (χ0) is 56.2. The van der Waals surface area contributed by atoms with Crippen LogP contribution in [0.3, 0.4) is 0 Å². The Bertz CT molecular complexity index is 3840. The number of aromatic nitrogens is 1. The summed E-state index contributed by atoms with van der Waals surface area (Å²) >= 11 is 0. The fraction of sp³-hybridized carbons (Fsp3) is 0. The number of hydrogen-bond donors (Lipinski definition) is 0. The molecule has 0 saturated heterocycles. The van der Waals surface area contributed by atoms with Gasteiger partial charge in [-0.05, 0) is 152 Å². The summed E-state index contributed by atoms with van der Waals surface area (Å²) in [6.07, 6.45) is 0. The van der Waals surface area contributed by atoms with Gasteiger partial charge in [0.05, 0.1) is 11.4 Å². The smallest absolute Gasteiger partial charge is 0.0715 e. The van der Waals surface area contributed by atoms with Gasteiger partial charge in [-0.25, -0.2) is 4.98 Å². The maximum Gasteiger partial charge on any atom is 0.0715 e. The molecule has 0 aliphatic rings. The van der Waals surface area contributed by atoms with E-state index in [1.54, 1.807) is 0 Å². The van der Waals surface area contributed by atoms with Crippen molar-refractivity contribution in [3.63, 3.8) is 0 Å². The van der Waals surface area contributed by atoms with Gasteiger partial charge in [-0.1, -0.05) is 249 Å². The van der Waals surface area contributed by atoms with Gasteiger partial charge >= 0.3 is 0 Å². The van der Waals surface area contributed by atoms with Gasteiger partial charge in [-0.2, -0.15) is 0 Å². The van der Waals surface area contributed by atoms with Crippen molar-refractivity contribution in [1.82, 2.24) is 4.98 Å². The first-order valence-corrected chi connectivity index (χ1v) is 27.9. The van der Waals surface area contributed by atoms with Crippen LogP contribution < -0.4 is 9.80 Å². The second-order valence-electron chi connectivity index (χ2n) is 20.2. The Morgan fingerprint density at radius 2 is 0.361 bits per heavy atom. The van der Waals surface area contributed by atoms with Crippen LogP contribution in [0.5, 0.6) is 0 Å². The number of para-hydroxylation sites is 4. The molecule has 6 heteroatoms. The van der Waals surface area contributed by atoms with E-state index >= 15 is 0 Å². The number of hydrogen-bond acceptors (Lipinski definition) is 3. The quantitative estimate of drug-likeness (QED) is 0.101. The predicted octanol–water partition coefficient (Wildman–Crippen LogP) is 20.2.